The van der Waals surface area contributed by atoms with Gasteiger partial charge in [-0.2, -0.15) is 0 Å². The van der Waals surface area contributed by atoms with E-state index in [1.807, 2.05) is 18.2 Å². The molecule has 6 nitrogen and oxygen atoms in total. The molecule has 0 radical (unpaired) electrons. The standard InChI is InChI=1S/C20H23N3O3S2/c1-4-23(5-2)20-22-18-16(28-20)12-15(27-18)17(24)21-11-10-13-6-8-14(9-7-13)19(25)26-3/h6-9,12H,4-5,10-11H2,1-3H3,(H,21,24). The molecule has 0 aliphatic heterocycles. The molecule has 1 amide bonds. The second kappa shape index (κ2) is 9.16. The van der Waals surface area contributed by atoms with Crippen LogP contribution in [-0.4, -0.2) is 43.6 Å². The summed E-state index contributed by atoms with van der Waals surface area (Å²) in [5.41, 5.74) is 1.57. The van der Waals surface area contributed by atoms with Crippen LogP contribution in [0.3, 0.4) is 0 Å². The summed E-state index contributed by atoms with van der Waals surface area (Å²) in [6, 6.07) is 9.13. The Balaban J connectivity index is 1.56. The molecular formula is C20H23N3O3S2. The van der Waals surface area contributed by atoms with E-state index in [9.17, 15) is 9.59 Å². The van der Waals surface area contributed by atoms with Gasteiger partial charge in [0.25, 0.3) is 5.91 Å². The third-order valence-corrected chi connectivity index (χ3v) is 6.63. The smallest absolute Gasteiger partial charge is 0.337 e. The van der Waals surface area contributed by atoms with Crippen molar-refractivity contribution in [2.45, 2.75) is 20.3 Å². The van der Waals surface area contributed by atoms with Gasteiger partial charge < -0.3 is 15.0 Å². The van der Waals surface area contributed by atoms with Crippen LogP contribution < -0.4 is 10.2 Å². The van der Waals surface area contributed by atoms with Crippen LogP contribution in [0.4, 0.5) is 5.13 Å². The van der Waals surface area contributed by atoms with E-state index < -0.39 is 0 Å². The third-order valence-electron chi connectivity index (χ3n) is 4.41. The third kappa shape index (κ3) is 4.51. The molecule has 0 aliphatic carbocycles. The highest BCUT2D eigenvalue weighted by Gasteiger charge is 2.15. The Morgan fingerprint density at radius 3 is 2.46 bits per heavy atom. The number of ether oxygens (including phenoxy) is 1. The number of benzene rings is 1. The van der Waals surface area contributed by atoms with Gasteiger partial charge in [-0.15, -0.1) is 11.3 Å². The fraction of sp³-hybridized carbons (Fsp3) is 0.350. The summed E-state index contributed by atoms with van der Waals surface area (Å²) in [5.74, 6) is -0.430. The molecule has 0 spiro atoms. The van der Waals surface area contributed by atoms with E-state index >= 15 is 0 Å². The predicted molar refractivity (Wildman–Crippen MR) is 115 cm³/mol. The summed E-state index contributed by atoms with van der Waals surface area (Å²) in [6.45, 7) is 6.60. The molecule has 3 aromatic rings. The van der Waals surface area contributed by atoms with Gasteiger partial charge in [0.1, 0.15) is 4.83 Å². The molecule has 0 aliphatic rings. The Kier molecular flexibility index (Phi) is 6.64. The van der Waals surface area contributed by atoms with Crippen molar-refractivity contribution in [3.63, 3.8) is 0 Å². The van der Waals surface area contributed by atoms with Crippen LogP contribution >= 0.6 is 22.7 Å². The number of thiazole rings is 1. The lowest BCUT2D eigenvalue weighted by atomic mass is 10.1. The molecule has 148 valence electrons. The van der Waals surface area contributed by atoms with Gasteiger partial charge in [0, 0.05) is 19.6 Å². The molecule has 0 saturated carbocycles. The van der Waals surface area contributed by atoms with Crippen molar-refractivity contribution in [2.24, 2.45) is 0 Å². The molecule has 28 heavy (non-hydrogen) atoms. The summed E-state index contributed by atoms with van der Waals surface area (Å²) in [5, 5.41) is 3.96. The van der Waals surface area contributed by atoms with E-state index in [1.54, 1.807) is 23.5 Å². The number of hydrogen-bond donors (Lipinski definition) is 1. The Morgan fingerprint density at radius 1 is 1.14 bits per heavy atom. The molecule has 0 bridgehead atoms. The number of nitrogens with zero attached hydrogens (tertiary/aromatic N) is 2. The van der Waals surface area contributed by atoms with Crippen molar-refractivity contribution in [2.75, 3.05) is 31.6 Å². The summed E-state index contributed by atoms with van der Waals surface area (Å²) < 4.78 is 5.74. The second-order valence-corrected chi connectivity index (χ2v) is 8.18. The molecule has 2 heterocycles. The lowest BCUT2D eigenvalue weighted by Crippen LogP contribution is -2.24. The number of esters is 1. The number of anilines is 1. The Bertz CT molecular complexity index is 927. The molecule has 0 atom stereocenters. The molecule has 0 fully saturated rings. The predicted octanol–water partition coefficient (Wildman–Crippen LogP) is 3.96. The van der Waals surface area contributed by atoms with Crippen molar-refractivity contribution in [1.82, 2.24) is 10.3 Å². The van der Waals surface area contributed by atoms with Gasteiger partial charge >= 0.3 is 5.97 Å². The molecular weight excluding hydrogens is 394 g/mol. The highest BCUT2D eigenvalue weighted by molar-refractivity contribution is 7.29. The van der Waals surface area contributed by atoms with Gasteiger partial charge in [-0.05, 0) is 44.0 Å². The van der Waals surface area contributed by atoms with E-state index in [1.165, 1.54) is 18.4 Å². The first-order chi connectivity index (χ1) is 13.5. The summed E-state index contributed by atoms with van der Waals surface area (Å²) >= 11 is 3.05. The van der Waals surface area contributed by atoms with Crippen LogP contribution in [0, 0.1) is 0 Å². The molecule has 3 rings (SSSR count). The van der Waals surface area contributed by atoms with Gasteiger partial charge in [-0.25, -0.2) is 9.78 Å². The van der Waals surface area contributed by atoms with Crippen LogP contribution in [0.15, 0.2) is 30.3 Å². The maximum Gasteiger partial charge on any atom is 0.337 e. The average molecular weight is 418 g/mol. The Morgan fingerprint density at radius 2 is 1.86 bits per heavy atom. The summed E-state index contributed by atoms with van der Waals surface area (Å²) in [4.78, 5) is 32.3. The summed E-state index contributed by atoms with van der Waals surface area (Å²) in [6.07, 6.45) is 0.692. The first kappa shape index (κ1) is 20.3. The first-order valence-electron chi connectivity index (χ1n) is 9.16. The van der Waals surface area contributed by atoms with Crippen LogP contribution in [0.2, 0.25) is 0 Å². The molecule has 0 saturated heterocycles. The van der Waals surface area contributed by atoms with E-state index in [-0.39, 0.29) is 11.9 Å². The maximum absolute atomic E-state index is 12.4. The lowest BCUT2D eigenvalue weighted by Gasteiger charge is -2.16. The van der Waals surface area contributed by atoms with Crippen LogP contribution in [0.5, 0.6) is 0 Å². The highest BCUT2D eigenvalue weighted by Crippen LogP contribution is 2.34. The number of rotatable bonds is 8. The molecule has 2 aromatic heterocycles. The first-order valence-corrected chi connectivity index (χ1v) is 10.8. The van der Waals surface area contributed by atoms with Crippen molar-refractivity contribution < 1.29 is 14.3 Å². The van der Waals surface area contributed by atoms with Crippen LogP contribution in [0.1, 0.15) is 39.4 Å². The number of amides is 1. The number of carbonyl (C=O) groups excluding carboxylic acids is 2. The number of nitrogens with one attached hydrogen (secondary N) is 1. The minimum Gasteiger partial charge on any atom is -0.465 e. The topological polar surface area (TPSA) is 71.5 Å². The van der Waals surface area contributed by atoms with Crippen molar-refractivity contribution in [3.05, 3.63) is 46.3 Å². The summed E-state index contributed by atoms with van der Waals surface area (Å²) in [7, 11) is 1.36. The van der Waals surface area contributed by atoms with E-state index in [2.05, 4.69) is 33.8 Å². The van der Waals surface area contributed by atoms with Crippen LogP contribution in [0.25, 0.3) is 9.53 Å². The molecule has 8 heteroatoms. The Labute approximate surface area is 172 Å². The van der Waals surface area contributed by atoms with Crippen molar-refractivity contribution in [1.29, 1.82) is 0 Å². The zero-order valence-electron chi connectivity index (χ0n) is 16.2. The van der Waals surface area contributed by atoms with E-state index in [4.69, 9.17) is 0 Å². The number of hydrogen-bond acceptors (Lipinski definition) is 7. The lowest BCUT2D eigenvalue weighted by molar-refractivity contribution is 0.0600. The van der Waals surface area contributed by atoms with Crippen LogP contribution in [-0.2, 0) is 11.2 Å². The minimum absolute atomic E-state index is 0.0780. The molecule has 0 unspecified atom stereocenters. The SMILES string of the molecule is CCN(CC)c1nc2sc(C(=O)NCCc3ccc(C(=O)OC)cc3)cc2s1. The monoisotopic (exact) mass is 417 g/mol. The zero-order chi connectivity index (χ0) is 20.1. The van der Waals surface area contributed by atoms with Gasteiger partial charge in [0.05, 0.1) is 22.3 Å². The number of fused-ring (bicyclic) bond motifs is 1. The fourth-order valence-corrected chi connectivity index (χ4v) is 5.05. The number of methoxy groups -OCH3 is 1. The largest absolute Gasteiger partial charge is 0.465 e. The van der Waals surface area contributed by atoms with Gasteiger partial charge in [-0.3, -0.25) is 4.79 Å². The number of thiophene rings is 1. The zero-order valence-corrected chi connectivity index (χ0v) is 17.8. The second-order valence-electron chi connectivity index (χ2n) is 6.14. The van der Waals surface area contributed by atoms with Gasteiger partial charge in [-0.1, -0.05) is 23.5 Å². The normalized spacial score (nSPS) is 10.8. The number of carbonyl (C=O) groups is 2. The molecule has 1 N–H and O–H groups in total. The van der Waals surface area contributed by atoms with E-state index in [0.717, 1.165) is 33.3 Å². The minimum atomic E-state index is -0.352. The average Bonchev–Trinajstić information content (AvgIpc) is 3.28. The fourth-order valence-electron chi connectivity index (χ4n) is 2.80. The quantitative estimate of drug-likeness (QED) is 0.562. The van der Waals surface area contributed by atoms with Gasteiger partial charge in [0.2, 0.25) is 0 Å². The van der Waals surface area contributed by atoms with Gasteiger partial charge in [0.15, 0.2) is 5.13 Å². The van der Waals surface area contributed by atoms with E-state index in [0.29, 0.717) is 23.4 Å². The van der Waals surface area contributed by atoms with Crippen molar-refractivity contribution in [3.8, 4) is 0 Å². The highest BCUT2D eigenvalue weighted by atomic mass is 32.1. The number of aromatic nitrogens is 1. The molecule has 1 aromatic carbocycles. The van der Waals surface area contributed by atoms with Crippen molar-refractivity contribution >= 4 is 49.2 Å². The Hall–Kier alpha value is -2.45. The maximum atomic E-state index is 12.4.